The van der Waals surface area contributed by atoms with Gasteiger partial charge in [0.1, 0.15) is 0 Å². The molecule has 6 heteroatoms. The van der Waals surface area contributed by atoms with Gasteiger partial charge in [-0.2, -0.15) is 0 Å². The molecule has 1 fully saturated rings. The van der Waals surface area contributed by atoms with Crippen LogP contribution < -0.4 is 10.6 Å². The van der Waals surface area contributed by atoms with Crippen LogP contribution in [0.25, 0.3) is 0 Å². The highest BCUT2D eigenvalue weighted by Gasteiger charge is 2.18. The summed E-state index contributed by atoms with van der Waals surface area (Å²) in [6.07, 6.45) is 2.57. The molecule has 0 atom stereocenters. The second-order valence-corrected chi connectivity index (χ2v) is 5.21. The summed E-state index contributed by atoms with van der Waals surface area (Å²) >= 11 is 0. The summed E-state index contributed by atoms with van der Waals surface area (Å²) in [5.74, 6) is 0.661. The molecule has 5 nitrogen and oxygen atoms in total. The molecule has 1 aliphatic heterocycles. The standard InChI is InChI=1S/C14H27N3O2.ClH/c1-3-7-17(8-4-2)14(19)6-5-13(18)16-11-12-9-15-10-12;/h12,15H,3-11H2,1-2H3,(H,16,18);1H. The van der Waals surface area contributed by atoms with Gasteiger partial charge in [0.05, 0.1) is 0 Å². The van der Waals surface area contributed by atoms with Crippen LogP contribution in [-0.4, -0.2) is 49.4 Å². The number of rotatable bonds is 9. The van der Waals surface area contributed by atoms with Crippen LogP contribution in [0.2, 0.25) is 0 Å². The molecule has 2 amide bonds. The Labute approximate surface area is 128 Å². The summed E-state index contributed by atoms with van der Waals surface area (Å²) in [5, 5.41) is 6.06. The number of amides is 2. The Bertz CT molecular complexity index is 290. The normalized spacial score (nSPS) is 14.1. The zero-order chi connectivity index (χ0) is 14.1. The third-order valence-electron chi connectivity index (χ3n) is 3.36. The van der Waals surface area contributed by atoms with Crippen molar-refractivity contribution < 1.29 is 9.59 Å². The summed E-state index contributed by atoms with van der Waals surface area (Å²) in [5.41, 5.74) is 0. The maximum atomic E-state index is 12.0. The topological polar surface area (TPSA) is 61.4 Å². The van der Waals surface area contributed by atoms with Crippen LogP contribution in [-0.2, 0) is 9.59 Å². The van der Waals surface area contributed by atoms with Crippen LogP contribution in [0.5, 0.6) is 0 Å². The van der Waals surface area contributed by atoms with Crippen molar-refractivity contribution in [2.24, 2.45) is 5.92 Å². The molecule has 1 aliphatic rings. The van der Waals surface area contributed by atoms with E-state index in [1.807, 2.05) is 4.90 Å². The van der Waals surface area contributed by atoms with Crippen molar-refractivity contribution in [2.75, 3.05) is 32.7 Å². The lowest BCUT2D eigenvalue weighted by atomic mass is 10.0. The van der Waals surface area contributed by atoms with Gasteiger partial charge in [-0.15, -0.1) is 12.4 Å². The maximum Gasteiger partial charge on any atom is 0.223 e. The van der Waals surface area contributed by atoms with E-state index in [1.54, 1.807) is 0 Å². The Morgan fingerprint density at radius 1 is 1.15 bits per heavy atom. The van der Waals surface area contributed by atoms with Crippen molar-refractivity contribution in [1.82, 2.24) is 15.5 Å². The lowest BCUT2D eigenvalue weighted by Crippen LogP contribution is -2.48. The molecule has 0 radical (unpaired) electrons. The Balaban J connectivity index is 0.00000361. The zero-order valence-corrected chi connectivity index (χ0v) is 13.4. The molecule has 118 valence electrons. The van der Waals surface area contributed by atoms with E-state index < -0.39 is 0 Å². The molecule has 0 aromatic rings. The fraction of sp³-hybridized carbons (Fsp3) is 0.857. The lowest BCUT2D eigenvalue weighted by molar-refractivity contribution is -0.133. The summed E-state index contributed by atoms with van der Waals surface area (Å²) in [6.45, 7) is 8.42. The third kappa shape index (κ3) is 7.10. The van der Waals surface area contributed by atoms with Crippen molar-refractivity contribution >= 4 is 24.2 Å². The largest absolute Gasteiger partial charge is 0.356 e. The smallest absolute Gasteiger partial charge is 0.223 e. The number of halogens is 1. The molecule has 0 aliphatic carbocycles. The third-order valence-corrected chi connectivity index (χ3v) is 3.36. The summed E-state index contributed by atoms with van der Waals surface area (Å²) in [4.78, 5) is 25.5. The fourth-order valence-corrected chi connectivity index (χ4v) is 2.12. The maximum absolute atomic E-state index is 12.0. The molecular weight excluding hydrogens is 278 g/mol. The van der Waals surface area contributed by atoms with Crippen LogP contribution in [0.1, 0.15) is 39.5 Å². The summed E-state index contributed by atoms with van der Waals surface area (Å²) < 4.78 is 0. The molecule has 0 bridgehead atoms. The van der Waals surface area contributed by atoms with E-state index in [2.05, 4.69) is 24.5 Å². The van der Waals surface area contributed by atoms with Crippen LogP contribution in [0.3, 0.4) is 0 Å². The number of carbonyl (C=O) groups excluding carboxylic acids is 2. The highest BCUT2D eigenvalue weighted by Crippen LogP contribution is 2.03. The van der Waals surface area contributed by atoms with E-state index in [9.17, 15) is 9.59 Å². The first kappa shape index (κ1) is 19.2. The summed E-state index contributed by atoms with van der Waals surface area (Å²) in [6, 6.07) is 0. The van der Waals surface area contributed by atoms with Crippen LogP contribution in [0.4, 0.5) is 0 Å². The Hall–Kier alpha value is -0.810. The van der Waals surface area contributed by atoms with Crippen LogP contribution in [0.15, 0.2) is 0 Å². The minimum absolute atomic E-state index is 0. The van der Waals surface area contributed by atoms with Gasteiger partial charge in [0.2, 0.25) is 11.8 Å². The number of hydrogen-bond donors (Lipinski definition) is 2. The molecule has 0 unspecified atom stereocenters. The number of carbonyl (C=O) groups is 2. The van der Waals surface area contributed by atoms with Gasteiger partial charge in [-0.25, -0.2) is 0 Å². The van der Waals surface area contributed by atoms with Gasteiger partial charge in [0.25, 0.3) is 0 Å². The zero-order valence-electron chi connectivity index (χ0n) is 12.6. The second-order valence-electron chi connectivity index (χ2n) is 5.21. The second kappa shape index (κ2) is 10.9. The molecule has 1 rings (SSSR count). The predicted molar refractivity (Wildman–Crippen MR) is 83.0 cm³/mol. The molecule has 20 heavy (non-hydrogen) atoms. The monoisotopic (exact) mass is 305 g/mol. The highest BCUT2D eigenvalue weighted by atomic mass is 35.5. The van der Waals surface area contributed by atoms with Gasteiger partial charge in [-0.3, -0.25) is 9.59 Å². The van der Waals surface area contributed by atoms with Crippen molar-refractivity contribution in [3.63, 3.8) is 0 Å². The Morgan fingerprint density at radius 2 is 1.75 bits per heavy atom. The van der Waals surface area contributed by atoms with E-state index in [4.69, 9.17) is 0 Å². The quantitative estimate of drug-likeness (QED) is 0.672. The van der Waals surface area contributed by atoms with E-state index in [0.29, 0.717) is 18.8 Å². The Morgan fingerprint density at radius 3 is 2.20 bits per heavy atom. The fourth-order valence-electron chi connectivity index (χ4n) is 2.12. The molecular formula is C14H28ClN3O2. The van der Waals surface area contributed by atoms with Gasteiger partial charge in [0.15, 0.2) is 0 Å². The van der Waals surface area contributed by atoms with Gasteiger partial charge < -0.3 is 15.5 Å². The van der Waals surface area contributed by atoms with E-state index in [0.717, 1.165) is 45.6 Å². The van der Waals surface area contributed by atoms with E-state index >= 15 is 0 Å². The molecule has 0 saturated carbocycles. The van der Waals surface area contributed by atoms with Crippen LogP contribution >= 0.6 is 12.4 Å². The van der Waals surface area contributed by atoms with Gasteiger partial charge in [0, 0.05) is 51.5 Å². The van der Waals surface area contributed by atoms with Crippen LogP contribution in [0, 0.1) is 5.92 Å². The highest BCUT2D eigenvalue weighted by molar-refractivity contribution is 5.85. The average Bonchev–Trinajstić information content (AvgIpc) is 2.34. The first-order chi connectivity index (χ1) is 9.17. The molecule has 2 N–H and O–H groups in total. The minimum Gasteiger partial charge on any atom is -0.356 e. The number of nitrogens with zero attached hydrogens (tertiary/aromatic N) is 1. The van der Waals surface area contributed by atoms with E-state index in [-0.39, 0.29) is 24.2 Å². The van der Waals surface area contributed by atoms with Crippen molar-refractivity contribution in [1.29, 1.82) is 0 Å². The number of hydrogen-bond acceptors (Lipinski definition) is 3. The molecule has 0 spiro atoms. The first-order valence-corrected chi connectivity index (χ1v) is 7.42. The van der Waals surface area contributed by atoms with E-state index in [1.165, 1.54) is 0 Å². The average molecular weight is 306 g/mol. The molecule has 1 saturated heterocycles. The molecule has 0 aromatic carbocycles. The number of nitrogens with one attached hydrogen (secondary N) is 2. The Kier molecular flexibility index (Phi) is 10.5. The van der Waals surface area contributed by atoms with Gasteiger partial charge in [-0.05, 0) is 12.8 Å². The predicted octanol–water partition coefficient (Wildman–Crippen LogP) is 1.17. The molecule has 1 heterocycles. The lowest BCUT2D eigenvalue weighted by Gasteiger charge is -2.27. The van der Waals surface area contributed by atoms with Crippen molar-refractivity contribution in [2.45, 2.75) is 39.5 Å². The minimum atomic E-state index is -0.00630. The van der Waals surface area contributed by atoms with Crippen molar-refractivity contribution in [3.8, 4) is 0 Å². The van der Waals surface area contributed by atoms with Crippen molar-refractivity contribution in [3.05, 3.63) is 0 Å². The van der Waals surface area contributed by atoms with Gasteiger partial charge in [-0.1, -0.05) is 13.8 Å². The molecule has 0 aromatic heterocycles. The summed E-state index contributed by atoms with van der Waals surface area (Å²) in [7, 11) is 0. The SMILES string of the molecule is CCCN(CCC)C(=O)CCC(=O)NCC1CNC1.Cl. The first-order valence-electron chi connectivity index (χ1n) is 7.42. The van der Waals surface area contributed by atoms with Gasteiger partial charge >= 0.3 is 0 Å².